The van der Waals surface area contributed by atoms with Gasteiger partial charge < -0.3 is 10.3 Å². The molecule has 7 nitrogen and oxygen atoms in total. The highest BCUT2D eigenvalue weighted by atomic mass is 32.2. The topological polar surface area (TPSA) is 84.7 Å². The predicted molar refractivity (Wildman–Crippen MR) is 121 cm³/mol. The average Bonchev–Trinajstić information content (AvgIpc) is 3.22. The number of aromatic amines is 1. The van der Waals surface area contributed by atoms with Gasteiger partial charge in [-0.3, -0.25) is 14.3 Å². The van der Waals surface area contributed by atoms with E-state index in [2.05, 4.69) is 21.4 Å². The summed E-state index contributed by atoms with van der Waals surface area (Å²) in [4.78, 5) is 33.1. The van der Waals surface area contributed by atoms with Crippen molar-refractivity contribution in [3.63, 3.8) is 0 Å². The number of amides is 1. The van der Waals surface area contributed by atoms with Gasteiger partial charge in [-0.15, -0.1) is 0 Å². The summed E-state index contributed by atoms with van der Waals surface area (Å²) < 4.78 is 3.30. The molecule has 0 bridgehead atoms. The Morgan fingerprint density at radius 3 is 2.70 bits per heavy atom. The normalized spacial score (nSPS) is 11.2. The molecule has 0 aliphatic heterocycles. The third-order valence-electron chi connectivity index (χ3n) is 5.00. The van der Waals surface area contributed by atoms with Crippen molar-refractivity contribution in [3.05, 3.63) is 70.1 Å². The molecule has 2 heterocycles. The van der Waals surface area contributed by atoms with Gasteiger partial charge in [0.05, 0.1) is 22.4 Å². The summed E-state index contributed by atoms with van der Waals surface area (Å²) in [6.45, 7) is 3.86. The number of nitrogens with one attached hydrogen (secondary N) is 2. The van der Waals surface area contributed by atoms with Crippen molar-refractivity contribution in [1.82, 2.24) is 19.3 Å². The van der Waals surface area contributed by atoms with Gasteiger partial charge in [0.2, 0.25) is 5.91 Å². The first-order chi connectivity index (χ1) is 14.4. The third-order valence-corrected chi connectivity index (χ3v) is 5.88. The minimum absolute atomic E-state index is 0.194. The first-order valence-electron chi connectivity index (χ1n) is 9.67. The first kappa shape index (κ1) is 20.0. The smallest absolute Gasteiger partial charge is 0.295 e. The summed E-state index contributed by atoms with van der Waals surface area (Å²) in [5.74, 6) is 0.365. The molecule has 154 valence electrons. The number of fused-ring (bicyclic) bond motifs is 1. The number of hydrogen-bond donors (Lipinski definition) is 2. The Bertz CT molecular complexity index is 1270. The van der Waals surface area contributed by atoms with Crippen molar-refractivity contribution in [2.75, 3.05) is 11.1 Å². The number of anilines is 1. The number of benzene rings is 2. The van der Waals surface area contributed by atoms with Crippen LogP contribution >= 0.6 is 11.8 Å². The predicted octanol–water partition coefficient (Wildman–Crippen LogP) is 3.79. The fourth-order valence-electron chi connectivity index (χ4n) is 3.32. The number of hydrogen-bond acceptors (Lipinski definition) is 4. The summed E-state index contributed by atoms with van der Waals surface area (Å²) >= 11 is 1.49. The summed E-state index contributed by atoms with van der Waals surface area (Å²) in [5.41, 5.74) is 4.60. The zero-order valence-corrected chi connectivity index (χ0v) is 17.9. The maximum Gasteiger partial charge on any atom is 0.295 e. The minimum Gasteiger partial charge on any atom is -0.333 e. The van der Waals surface area contributed by atoms with E-state index >= 15 is 0 Å². The molecule has 0 saturated heterocycles. The van der Waals surface area contributed by atoms with Crippen LogP contribution in [0.15, 0.2) is 58.5 Å². The van der Waals surface area contributed by atoms with Gasteiger partial charge in [0.1, 0.15) is 5.69 Å². The van der Waals surface area contributed by atoms with Crippen LogP contribution in [0.2, 0.25) is 0 Å². The molecule has 4 rings (SSSR count). The average molecular weight is 422 g/mol. The van der Waals surface area contributed by atoms with Crippen LogP contribution in [0.25, 0.3) is 16.7 Å². The van der Waals surface area contributed by atoms with Gasteiger partial charge >= 0.3 is 0 Å². The number of thioether (sulfide) groups is 1. The molecule has 2 aromatic carbocycles. The molecule has 0 aliphatic rings. The van der Waals surface area contributed by atoms with Crippen molar-refractivity contribution >= 4 is 34.4 Å². The quantitative estimate of drug-likeness (QED) is 0.464. The van der Waals surface area contributed by atoms with E-state index in [1.54, 1.807) is 16.4 Å². The third kappa shape index (κ3) is 3.91. The number of nitrogens with zero attached hydrogens (tertiary/aromatic N) is 3. The second kappa shape index (κ2) is 8.23. The molecular formula is C22H23N5O2S. The first-order valence-corrected chi connectivity index (χ1v) is 10.7. The van der Waals surface area contributed by atoms with E-state index in [1.807, 2.05) is 56.3 Å². The molecule has 2 N–H and O–H groups in total. The molecule has 2 aromatic heterocycles. The van der Waals surface area contributed by atoms with Crippen LogP contribution < -0.4 is 10.9 Å². The number of H-pyrrole nitrogens is 1. The van der Waals surface area contributed by atoms with Crippen LogP contribution in [-0.4, -0.2) is 31.0 Å². The Morgan fingerprint density at radius 1 is 1.17 bits per heavy atom. The molecule has 30 heavy (non-hydrogen) atoms. The zero-order chi connectivity index (χ0) is 21.3. The number of aryl methyl sites for hydroxylation is 1. The summed E-state index contributed by atoms with van der Waals surface area (Å²) in [6.07, 6.45) is 0.278. The van der Waals surface area contributed by atoms with Gasteiger partial charge in [0.15, 0.2) is 5.16 Å². The van der Waals surface area contributed by atoms with Crippen molar-refractivity contribution in [2.24, 2.45) is 7.05 Å². The van der Waals surface area contributed by atoms with Crippen molar-refractivity contribution in [3.8, 4) is 5.69 Å². The van der Waals surface area contributed by atoms with Crippen LogP contribution in [-0.2, 0) is 11.8 Å². The summed E-state index contributed by atoms with van der Waals surface area (Å²) in [5, 5.41) is 3.58. The van der Waals surface area contributed by atoms with E-state index in [1.165, 1.54) is 17.3 Å². The van der Waals surface area contributed by atoms with Gasteiger partial charge in [-0.25, -0.2) is 9.67 Å². The Labute approximate surface area is 178 Å². The lowest BCUT2D eigenvalue weighted by atomic mass is 10.2. The number of rotatable bonds is 6. The van der Waals surface area contributed by atoms with Gasteiger partial charge in [0.25, 0.3) is 5.56 Å². The zero-order valence-electron chi connectivity index (χ0n) is 17.1. The van der Waals surface area contributed by atoms with E-state index in [0.717, 1.165) is 21.9 Å². The van der Waals surface area contributed by atoms with Crippen molar-refractivity contribution < 1.29 is 4.79 Å². The fourth-order valence-corrected chi connectivity index (χ4v) is 4.15. The highest BCUT2D eigenvalue weighted by Gasteiger charge is 2.18. The van der Waals surface area contributed by atoms with E-state index in [9.17, 15) is 9.59 Å². The number of imidazole rings is 1. The lowest BCUT2D eigenvalue weighted by Crippen LogP contribution is -2.23. The Balaban J connectivity index is 1.42. The molecule has 0 spiro atoms. The van der Waals surface area contributed by atoms with Crippen LogP contribution in [0, 0.1) is 13.8 Å². The molecule has 4 aromatic rings. The molecular weight excluding hydrogens is 398 g/mol. The van der Waals surface area contributed by atoms with Crippen molar-refractivity contribution in [2.45, 2.75) is 25.4 Å². The van der Waals surface area contributed by atoms with Crippen LogP contribution in [0.5, 0.6) is 0 Å². The maximum atomic E-state index is 12.9. The summed E-state index contributed by atoms with van der Waals surface area (Å²) in [7, 11) is 1.80. The van der Waals surface area contributed by atoms with Crippen LogP contribution in [0.4, 0.5) is 5.69 Å². The standard InChI is InChI=1S/C22H23N5O2S/c1-14-9-10-17-18(13-14)24-22(23-17)30-12-11-19(28)25-20-15(2)26(3)27(21(20)29)16-7-5-4-6-8-16/h4-10,13H,11-12H2,1-3H3,(H,23,24)(H,25,28). The molecule has 8 heteroatoms. The van der Waals surface area contributed by atoms with E-state index in [-0.39, 0.29) is 17.9 Å². The Morgan fingerprint density at radius 2 is 1.93 bits per heavy atom. The van der Waals surface area contributed by atoms with E-state index in [0.29, 0.717) is 17.1 Å². The Hall–Kier alpha value is -3.26. The highest BCUT2D eigenvalue weighted by molar-refractivity contribution is 7.99. The van der Waals surface area contributed by atoms with Crippen molar-refractivity contribution in [1.29, 1.82) is 0 Å². The van der Waals surface area contributed by atoms with Gasteiger partial charge in [-0.1, -0.05) is 36.0 Å². The molecule has 0 fully saturated rings. The Kier molecular flexibility index (Phi) is 5.50. The summed E-state index contributed by atoms with van der Waals surface area (Å²) in [6, 6.07) is 15.4. The molecule has 0 radical (unpaired) electrons. The molecule has 1 amide bonds. The van der Waals surface area contributed by atoms with Crippen LogP contribution in [0.1, 0.15) is 17.7 Å². The molecule has 0 saturated carbocycles. The number of aromatic nitrogens is 4. The fraction of sp³-hybridized carbons (Fsp3) is 0.227. The van der Waals surface area contributed by atoms with Gasteiger partial charge in [-0.05, 0) is 43.7 Å². The monoisotopic (exact) mass is 421 g/mol. The molecule has 0 atom stereocenters. The van der Waals surface area contributed by atoms with Crippen LogP contribution in [0.3, 0.4) is 0 Å². The molecule has 0 unspecified atom stereocenters. The largest absolute Gasteiger partial charge is 0.333 e. The maximum absolute atomic E-state index is 12.9. The second-order valence-corrected chi connectivity index (χ2v) is 8.23. The number of carbonyl (C=O) groups is 1. The number of carbonyl (C=O) groups excluding carboxylic acids is 1. The van der Waals surface area contributed by atoms with E-state index < -0.39 is 0 Å². The number of para-hydroxylation sites is 1. The highest BCUT2D eigenvalue weighted by Crippen LogP contribution is 2.21. The van der Waals surface area contributed by atoms with E-state index in [4.69, 9.17) is 0 Å². The lowest BCUT2D eigenvalue weighted by molar-refractivity contribution is -0.115. The minimum atomic E-state index is -0.241. The van der Waals surface area contributed by atoms with Gasteiger partial charge in [0, 0.05) is 19.2 Å². The second-order valence-electron chi connectivity index (χ2n) is 7.15. The molecule has 0 aliphatic carbocycles. The van der Waals surface area contributed by atoms with Gasteiger partial charge in [-0.2, -0.15) is 0 Å². The SMILES string of the molecule is Cc1ccc2nc(SCCC(=O)Nc3c(C)n(C)n(-c4ccccc4)c3=O)[nH]c2c1. The lowest BCUT2D eigenvalue weighted by Gasteiger charge is -2.07.